The Morgan fingerprint density at radius 2 is 2.05 bits per heavy atom. The van der Waals surface area contributed by atoms with Gasteiger partial charge in [0.25, 0.3) is 0 Å². The molecule has 2 aromatic rings. The lowest BCUT2D eigenvalue weighted by molar-refractivity contribution is -0.137. The topological polar surface area (TPSA) is 38.0 Å². The van der Waals surface area contributed by atoms with Crippen molar-refractivity contribution in [3.8, 4) is 0 Å². The van der Waals surface area contributed by atoms with Crippen molar-refractivity contribution in [2.24, 2.45) is 7.05 Å². The van der Waals surface area contributed by atoms with E-state index in [9.17, 15) is 18.3 Å². The summed E-state index contributed by atoms with van der Waals surface area (Å²) < 4.78 is 39.8. The molecule has 0 amide bonds. The van der Waals surface area contributed by atoms with Gasteiger partial charge >= 0.3 is 6.18 Å². The van der Waals surface area contributed by atoms with Crippen LogP contribution in [0.4, 0.5) is 13.2 Å². The fourth-order valence-electron chi connectivity index (χ4n) is 1.80. The zero-order valence-corrected chi connectivity index (χ0v) is 12.5. The number of aromatic nitrogens is 2. The molecule has 1 N–H and O–H groups in total. The molecule has 1 aromatic carbocycles. The van der Waals surface area contributed by atoms with Crippen LogP contribution in [0.15, 0.2) is 28.9 Å². The van der Waals surface area contributed by atoms with Crippen molar-refractivity contribution < 1.29 is 18.3 Å². The van der Waals surface area contributed by atoms with Crippen LogP contribution in [0.1, 0.15) is 22.9 Å². The second-order valence-electron chi connectivity index (χ2n) is 4.14. The molecule has 2 rings (SSSR count). The molecule has 108 valence electrons. The largest absolute Gasteiger partial charge is 0.416 e. The first-order valence-corrected chi connectivity index (χ1v) is 6.61. The first-order valence-electron chi connectivity index (χ1n) is 5.44. The molecule has 0 saturated heterocycles. The summed E-state index contributed by atoms with van der Waals surface area (Å²) in [5.41, 5.74) is -0.537. The second kappa shape index (κ2) is 5.38. The summed E-state index contributed by atoms with van der Waals surface area (Å²) in [5, 5.41) is 14.3. The Kier molecular flexibility index (Phi) is 4.13. The van der Waals surface area contributed by atoms with Gasteiger partial charge in [-0.05, 0) is 18.2 Å². The number of benzene rings is 1. The Bertz CT molecular complexity index is 623. The number of aliphatic hydroxyl groups excluding tert-OH is 1. The van der Waals surface area contributed by atoms with E-state index >= 15 is 0 Å². The maximum atomic E-state index is 12.7. The first-order chi connectivity index (χ1) is 9.21. The zero-order chi connectivity index (χ0) is 15.1. The van der Waals surface area contributed by atoms with Crippen LogP contribution in [0.5, 0.6) is 0 Å². The van der Waals surface area contributed by atoms with E-state index in [1.807, 2.05) is 0 Å². The van der Waals surface area contributed by atoms with Gasteiger partial charge < -0.3 is 5.11 Å². The van der Waals surface area contributed by atoms with Crippen LogP contribution in [0, 0.1) is 0 Å². The molecule has 0 bridgehead atoms. The Balaban J connectivity index is 2.52. The maximum Gasteiger partial charge on any atom is 0.416 e. The molecule has 0 spiro atoms. The van der Waals surface area contributed by atoms with Gasteiger partial charge in [0.1, 0.15) is 6.10 Å². The van der Waals surface area contributed by atoms with Crippen LogP contribution in [0.3, 0.4) is 0 Å². The average molecular weight is 370 g/mol. The molecule has 3 nitrogen and oxygen atoms in total. The lowest BCUT2D eigenvalue weighted by Gasteiger charge is -2.16. The summed E-state index contributed by atoms with van der Waals surface area (Å²) in [4.78, 5) is 0. The van der Waals surface area contributed by atoms with Crippen molar-refractivity contribution in [2.75, 3.05) is 0 Å². The van der Waals surface area contributed by atoms with Crippen molar-refractivity contribution in [1.82, 2.24) is 9.78 Å². The number of nitrogens with zero attached hydrogens (tertiary/aromatic N) is 2. The van der Waals surface area contributed by atoms with Crippen LogP contribution in [0.25, 0.3) is 0 Å². The molecule has 1 heterocycles. The molecule has 0 aliphatic heterocycles. The Hall–Kier alpha value is -1.05. The summed E-state index contributed by atoms with van der Waals surface area (Å²) in [5.74, 6) is 0. The van der Waals surface area contributed by atoms with E-state index < -0.39 is 17.8 Å². The predicted octanol–water partition coefficient (Wildman–Crippen LogP) is 3.94. The Morgan fingerprint density at radius 1 is 1.40 bits per heavy atom. The van der Waals surface area contributed by atoms with Gasteiger partial charge in [-0.3, -0.25) is 4.68 Å². The van der Waals surface area contributed by atoms with E-state index in [4.69, 9.17) is 11.6 Å². The number of hydrogen-bond acceptors (Lipinski definition) is 2. The highest BCUT2D eigenvalue weighted by atomic mass is 79.9. The molecular weight excluding hydrogens is 360 g/mol. The van der Waals surface area contributed by atoms with E-state index in [2.05, 4.69) is 21.0 Å². The van der Waals surface area contributed by atoms with Crippen LogP contribution >= 0.6 is 27.5 Å². The third-order valence-corrected chi connectivity index (χ3v) is 3.83. The summed E-state index contributed by atoms with van der Waals surface area (Å²) in [6.07, 6.45) is -4.47. The standard InChI is InChI=1S/C12H9BrClF3N2O/c1-19-10(9(14)5-18-19)11(20)7-4-6(12(15,16)17)2-3-8(7)13/h2-5,11,20H,1H3. The number of rotatable bonds is 2. The van der Waals surface area contributed by atoms with Crippen molar-refractivity contribution in [1.29, 1.82) is 0 Å². The monoisotopic (exact) mass is 368 g/mol. The highest BCUT2D eigenvalue weighted by molar-refractivity contribution is 9.10. The molecule has 20 heavy (non-hydrogen) atoms. The Labute approximate surface area is 126 Å². The highest BCUT2D eigenvalue weighted by Crippen LogP contribution is 2.36. The van der Waals surface area contributed by atoms with Crippen molar-refractivity contribution >= 4 is 27.5 Å². The van der Waals surface area contributed by atoms with Crippen molar-refractivity contribution in [3.63, 3.8) is 0 Å². The molecule has 0 radical (unpaired) electrons. The molecule has 1 aromatic heterocycles. The maximum absolute atomic E-state index is 12.7. The van der Waals surface area contributed by atoms with Gasteiger partial charge in [0, 0.05) is 17.1 Å². The SMILES string of the molecule is Cn1ncc(Cl)c1C(O)c1cc(C(F)(F)F)ccc1Br. The summed E-state index contributed by atoms with van der Waals surface area (Å²) in [6.45, 7) is 0. The lowest BCUT2D eigenvalue weighted by Crippen LogP contribution is -2.11. The summed E-state index contributed by atoms with van der Waals surface area (Å²) in [6, 6.07) is 3.06. The minimum atomic E-state index is -4.48. The van der Waals surface area contributed by atoms with Gasteiger partial charge in [0.15, 0.2) is 0 Å². The van der Waals surface area contributed by atoms with E-state index in [1.165, 1.54) is 16.9 Å². The quantitative estimate of drug-likeness (QED) is 0.871. The molecular formula is C12H9BrClF3N2O. The lowest BCUT2D eigenvalue weighted by atomic mass is 10.0. The zero-order valence-electron chi connectivity index (χ0n) is 10.1. The Morgan fingerprint density at radius 3 is 2.55 bits per heavy atom. The molecule has 8 heteroatoms. The molecule has 0 fully saturated rings. The third kappa shape index (κ3) is 2.84. The summed E-state index contributed by atoms with van der Waals surface area (Å²) >= 11 is 9.02. The minimum absolute atomic E-state index is 0.0744. The fraction of sp³-hybridized carbons (Fsp3) is 0.250. The van der Waals surface area contributed by atoms with Crippen LogP contribution in [-0.2, 0) is 13.2 Å². The predicted molar refractivity (Wildman–Crippen MR) is 71.4 cm³/mol. The first kappa shape index (κ1) is 15.3. The fourth-order valence-corrected chi connectivity index (χ4v) is 2.54. The number of halogens is 5. The third-order valence-electron chi connectivity index (χ3n) is 2.81. The van der Waals surface area contributed by atoms with Gasteiger partial charge in [-0.15, -0.1) is 0 Å². The number of hydrogen-bond donors (Lipinski definition) is 1. The van der Waals surface area contributed by atoms with Gasteiger partial charge in [-0.2, -0.15) is 18.3 Å². The van der Waals surface area contributed by atoms with Crippen LogP contribution < -0.4 is 0 Å². The molecule has 0 aliphatic rings. The number of aliphatic hydroxyl groups is 1. The van der Waals surface area contributed by atoms with E-state index in [1.54, 1.807) is 7.05 Å². The van der Waals surface area contributed by atoms with Gasteiger partial charge in [-0.25, -0.2) is 0 Å². The number of alkyl halides is 3. The highest BCUT2D eigenvalue weighted by Gasteiger charge is 2.32. The van der Waals surface area contributed by atoms with Gasteiger partial charge in [0.2, 0.25) is 0 Å². The average Bonchev–Trinajstić information content (AvgIpc) is 2.67. The summed E-state index contributed by atoms with van der Waals surface area (Å²) in [7, 11) is 1.55. The van der Waals surface area contributed by atoms with E-state index in [0.717, 1.165) is 12.1 Å². The second-order valence-corrected chi connectivity index (χ2v) is 5.40. The van der Waals surface area contributed by atoms with Crippen LogP contribution in [-0.4, -0.2) is 14.9 Å². The molecule has 1 unspecified atom stereocenters. The molecule has 1 atom stereocenters. The smallest absolute Gasteiger partial charge is 0.382 e. The van der Waals surface area contributed by atoms with Crippen molar-refractivity contribution in [3.05, 3.63) is 50.7 Å². The van der Waals surface area contributed by atoms with E-state index in [-0.39, 0.29) is 16.3 Å². The van der Waals surface area contributed by atoms with Gasteiger partial charge in [-0.1, -0.05) is 27.5 Å². The van der Waals surface area contributed by atoms with Crippen molar-refractivity contribution in [2.45, 2.75) is 12.3 Å². The normalized spacial score (nSPS) is 13.6. The van der Waals surface area contributed by atoms with Gasteiger partial charge in [0.05, 0.1) is 22.5 Å². The molecule has 0 aliphatic carbocycles. The van der Waals surface area contributed by atoms with Crippen LogP contribution in [0.2, 0.25) is 5.02 Å². The molecule has 0 saturated carbocycles. The number of aryl methyl sites for hydroxylation is 1. The van der Waals surface area contributed by atoms with E-state index in [0.29, 0.717) is 4.47 Å². The minimum Gasteiger partial charge on any atom is -0.382 e.